The van der Waals surface area contributed by atoms with Crippen LogP contribution in [0.2, 0.25) is 0 Å². The molecule has 0 aliphatic heterocycles. The largest absolute Gasteiger partial charge is 0.289 e. The summed E-state index contributed by atoms with van der Waals surface area (Å²) in [6, 6.07) is 23.7. The van der Waals surface area contributed by atoms with Crippen LogP contribution in [0.15, 0.2) is 82.4 Å². The first kappa shape index (κ1) is 18.1. The molecule has 0 aliphatic rings. The molecule has 1 aromatic heterocycles. The Bertz CT molecular complexity index is 1180. The van der Waals surface area contributed by atoms with Crippen LogP contribution in [-0.2, 0) is 0 Å². The number of halogens is 1. The molecule has 0 bridgehead atoms. The molecule has 0 fully saturated rings. The number of hydrogen-bond acceptors (Lipinski definition) is 3. The molecule has 5 nitrogen and oxygen atoms in total. The van der Waals surface area contributed by atoms with Gasteiger partial charge in [-0.25, -0.2) is 5.43 Å². The van der Waals surface area contributed by atoms with E-state index in [0.29, 0.717) is 11.4 Å². The van der Waals surface area contributed by atoms with E-state index in [2.05, 4.69) is 54.9 Å². The van der Waals surface area contributed by atoms with Gasteiger partial charge in [0, 0.05) is 10.0 Å². The van der Waals surface area contributed by atoms with Gasteiger partial charge in [-0.2, -0.15) is 10.2 Å². The smallest absolute Gasteiger partial charge is 0.272 e. The van der Waals surface area contributed by atoms with Crippen LogP contribution in [0.4, 0.5) is 0 Å². The number of H-pyrrole nitrogens is 1. The maximum atomic E-state index is 12.4. The summed E-state index contributed by atoms with van der Waals surface area (Å²) in [6.45, 7) is 1.84. The normalized spacial score (nSPS) is 11.6. The number of aromatic amines is 1. The third-order valence-electron chi connectivity index (χ3n) is 4.45. The number of nitrogens with one attached hydrogen (secondary N) is 2. The van der Waals surface area contributed by atoms with Gasteiger partial charge >= 0.3 is 0 Å². The van der Waals surface area contributed by atoms with Crippen molar-refractivity contribution in [3.63, 3.8) is 0 Å². The van der Waals surface area contributed by atoms with Crippen molar-refractivity contribution in [2.75, 3.05) is 0 Å². The highest BCUT2D eigenvalue weighted by Gasteiger charge is 2.11. The first-order chi connectivity index (χ1) is 13.6. The zero-order chi connectivity index (χ0) is 19.5. The summed E-state index contributed by atoms with van der Waals surface area (Å²) in [4.78, 5) is 12.4. The SMILES string of the molecule is C/C(=N\NC(=O)c1cc(-c2ccc3ccccc3c2)n[nH]1)c1ccc(Br)cc1. The fourth-order valence-corrected chi connectivity index (χ4v) is 3.15. The highest BCUT2D eigenvalue weighted by molar-refractivity contribution is 9.10. The molecule has 0 saturated heterocycles. The summed E-state index contributed by atoms with van der Waals surface area (Å²) in [5.74, 6) is -0.337. The molecule has 0 atom stereocenters. The number of carbonyl (C=O) groups excluding carboxylic acids is 1. The Morgan fingerprint density at radius 1 is 1.00 bits per heavy atom. The van der Waals surface area contributed by atoms with Gasteiger partial charge in [0.05, 0.1) is 11.4 Å². The van der Waals surface area contributed by atoms with Crippen molar-refractivity contribution < 1.29 is 4.79 Å². The summed E-state index contributed by atoms with van der Waals surface area (Å²) in [7, 11) is 0. The average Bonchev–Trinajstić information content (AvgIpc) is 3.22. The molecule has 1 heterocycles. The van der Waals surface area contributed by atoms with E-state index in [1.807, 2.05) is 55.5 Å². The minimum absolute atomic E-state index is 0.337. The van der Waals surface area contributed by atoms with E-state index in [4.69, 9.17) is 0 Å². The second-order valence-electron chi connectivity index (χ2n) is 6.37. The summed E-state index contributed by atoms with van der Waals surface area (Å²) in [6.07, 6.45) is 0. The van der Waals surface area contributed by atoms with E-state index in [0.717, 1.165) is 32.1 Å². The van der Waals surface area contributed by atoms with Crippen molar-refractivity contribution in [3.8, 4) is 11.3 Å². The average molecular weight is 433 g/mol. The van der Waals surface area contributed by atoms with Gasteiger partial charge < -0.3 is 0 Å². The minimum Gasteiger partial charge on any atom is -0.272 e. The van der Waals surface area contributed by atoms with Crippen LogP contribution in [-0.4, -0.2) is 21.8 Å². The van der Waals surface area contributed by atoms with E-state index in [1.54, 1.807) is 6.07 Å². The van der Waals surface area contributed by atoms with Crippen molar-refractivity contribution in [3.05, 3.63) is 88.5 Å². The van der Waals surface area contributed by atoms with E-state index < -0.39 is 0 Å². The first-order valence-electron chi connectivity index (χ1n) is 8.75. The predicted octanol–water partition coefficient (Wildman–Crippen LogP) is 5.15. The number of hydrogen-bond donors (Lipinski definition) is 2. The third-order valence-corrected chi connectivity index (χ3v) is 4.98. The van der Waals surface area contributed by atoms with E-state index >= 15 is 0 Å². The molecule has 0 saturated carbocycles. The highest BCUT2D eigenvalue weighted by atomic mass is 79.9. The van der Waals surface area contributed by atoms with Gasteiger partial charge in [-0.1, -0.05) is 64.5 Å². The fraction of sp³-hybridized carbons (Fsp3) is 0.0455. The maximum absolute atomic E-state index is 12.4. The summed E-state index contributed by atoms with van der Waals surface area (Å²) >= 11 is 3.40. The van der Waals surface area contributed by atoms with Crippen LogP contribution in [0.1, 0.15) is 23.0 Å². The van der Waals surface area contributed by atoms with E-state index in [1.165, 1.54) is 0 Å². The molecular weight excluding hydrogens is 416 g/mol. The molecule has 3 aromatic carbocycles. The van der Waals surface area contributed by atoms with Crippen LogP contribution >= 0.6 is 15.9 Å². The highest BCUT2D eigenvalue weighted by Crippen LogP contribution is 2.23. The van der Waals surface area contributed by atoms with Crippen molar-refractivity contribution in [2.45, 2.75) is 6.92 Å². The lowest BCUT2D eigenvalue weighted by atomic mass is 10.1. The zero-order valence-corrected chi connectivity index (χ0v) is 16.7. The van der Waals surface area contributed by atoms with Gasteiger partial charge in [0.25, 0.3) is 5.91 Å². The van der Waals surface area contributed by atoms with Crippen LogP contribution < -0.4 is 5.43 Å². The lowest BCUT2D eigenvalue weighted by molar-refractivity contribution is 0.0950. The molecule has 0 radical (unpaired) electrons. The lowest BCUT2D eigenvalue weighted by Gasteiger charge is -2.02. The summed E-state index contributed by atoms with van der Waals surface area (Å²) in [5.41, 5.74) is 6.24. The standard InChI is InChI=1S/C22H17BrN4O/c1-14(15-8-10-19(23)11-9-15)24-27-22(28)21-13-20(25-26-21)18-7-6-16-4-2-3-5-17(16)12-18/h2-13H,1H3,(H,25,26)(H,27,28)/b24-14+. The second kappa shape index (κ2) is 7.78. The molecule has 0 unspecified atom stereocenters. The van der Waals surface area contributed by atoms with Gasteiger partial charge in [-0.3, -0.25) is 9.89 Å². The van der Waals surface area contributed by atoms with Gasteiger partial charge in [-0.15, -0.1) is 0 Å². The number of benzene rings is 3. The lowest BCUT2D eigenvalue weighted by Crippen LogP contribution is -2.19. The Kier molecular flexibility index (Phi) is 5.04. The van der Waals surface area contributed by atoms with Gasteiger partial charge in [0.1, 0.15) is 5.69 Å². The van der Waals surface area contributed by atoms with E-state index in [-0.39, 0.29) is 5.91 Å². The second-order valence-corrected chi connectivity index (χ2v) is 7.29. The molecule has 2 N–H and O–H groups in total. The molecule has 6 heteroatoms. The Hall–Kier alpha value is -3.25. The van der Waals surface area contributed by atoms with Crippen LogP contribution in [0.25, 0.3) is 22.0 Å². The molecular formula is C22H17BrN4O. The number of amides is 1. The Morgan fingerprint density at radius 2 is 1.75 bits per heavy atom. The number of rotatable bonds is 4. The number of carbonyl (C=O) groups is 1. The van der Waals surface area contributed by atoms with Crippen LogP contribution in [0.3, 0.4) is 0 Å². The topological polar surface area (TPSA) is 70.1 Å². The minimum atomic E-state index is -0.337. The fourth-order valence-electron chi connectivity index (χ4n) is 2.89. The van der Waals surface area contributed by atoms with Gasteiger partial charge in [0.2, 0.25) is 0 Å². The Labute approximate surface area is 170 Å². The van der Waals surface area contributed by atoms with Crippen molar-refractivity contribution >= 4 is 38.3 Å². The molecule has 0 spiro atoms. The van der Waals surface area contributed by atoms with Crippen LogP contribution in [0.5, 0.6) is 0 Å². The molecule has 138 valence electrons. The number of hydrazone groups is 1. The maximum Gasteiger partial charge on any atom is 0.289 e. The van der Waals surface area contributed by atoms with Crippen molar-refractivity contribution in [1.29, 1.82) is 0 Å². The van der Waals surface area contributed by atoms with Crippen LogP contribution in [0, 0.1) is 0 Å². The molecule has 4 rings (SSSR count). The molecule has 1 amide bonds. The molecule has 0 aliphatic carbocycles. The van der Waals surface area contributed by atoms with E-state index in [9.17, 15) is 4.79 Å². The van der Waals surface area contributed by atoms with Crippen molar-refractivity contribution in [2.24, 2.45) is 5.10 Å². The Balaban J connectivity index is 1.50. The summed E-state index contributed by atoms with van der Waals surface area (Å²) in [5, 5.41) is 13.5. The number of aromatic nitrogens is 2. The van der Waals surface area contributed by atoms with Gasteiger partial charge in [-0.05, 0) is 47.5 Å². The monoisotopic (exact) mass is 432 g/mol. The number of nitrogens with zero attached hydrogens (tertiary/aromatic N) is 2. The summed E-state index contributed by atoms with van der Waals surface area (Å²) < 4.78 is 0.992. The molecule has 4 aromatic rings. The quantitative estimate of drug-likeness (QED) is 0.345. The van der Waals surface area contributed by atoms with Gasteiger partial charge in [0.15, 0.2) is 0 Å². The van der Waals surface area contributed by atoms with Crippen molar-refractivity contribution in [1.82, 2.24) is 15.6 Å². The number of fused-ring (bicyclic) bond motifs is 1. The Morgan fingerprint density at radius 3 is 2.54 bits per heavy atom. The zero-order valence-electron chi connectivity index (χ0n) is 15.1. The first-order valence-corrected chi connectivity index (χ1v) is 9.54. The predicted molar refractivity (Wildman–Crippen MR) is 115 cm³/mol. The molecule has 28 heavy (non-hydrogen) atoms. The third kappa shape index (κ3) is 3.87.